The van der Waals surface area contributed by atoms with Crippen LogP contribution >= 0.6 is 0 Å². The highest BCUT2D eigenvalue weighted by Gasteiger charge is 2.15. The van der Waals surface area contributed by atoms with E-state index in [0.29, 0.717) is 0 Å². The van der Waals surface area contributed by atoms with Gasteiger partial charge in [0.05, 0.1) is 42.8 Å². The van der Waals surface area contributed by atoms with Gasteiger partial charge in [0, 0.05) is 13.0 Å². The predicted molar refractivity (Wildman–Crippen MR) is 97.6 cm³/mol. The Kier molecular flexibility index (Phi) is 4.32. The van der Waals surface area contributed by atoms with Gasteiger partial charge in [0.15, 0.2) is 5.69 Å². The van der Waals surface area contributed by atoms with E-state index >= 15 is 0 Å². The van der Waals surface area contributed by atoms with Gasteiger partial charge in [-0.25, -0.2) is 4.98 Å². The second-order valence-electron chi connectivity index (χ2n) is 6.61. The molecule has 0 amide bonds. The topological polar surface area (TPSA) is 39.8 Å². The van der Waals surface area contributed by atoms with Gasteiger partial charge in [-0.1, -0.05) is 24.3 Å². The maximum Gasteiger partial charge on any atom is 0.221 e. The molecule has 1 saturated heterocycles. The average Bonchev–Trinajstić information content (AvgIpc) is 2.62. The normalized spacial score (nSPS) is 15.9. The van der Waals surface area contributed by atoms with Gasteiger partial charge in [0.1, 0.15) is 13.1 Å². The molecule has 2 heterocycles. The lowest BCUT2D eigenvalue weighted by molar-refractivity contribution is -0.906. The molecule has 0 spiro atoms. The number of aromatic nitrogens is 1. The molecule has 1 fully saturated rings. The number of quaternary nitrogens is 1. The van der Waals surface area contributed by atoms with Gasteiger partial charge in [0.25, 0.3) is 0 Å². The number of ether oxygens (including phenoxy) is 1. The first-order valence-corrected chi connectivity index (χ1v) is 8.81. The van der Waals surface area contributed by atoms with Crippen molar-refractivity contribution in [3.63, 3.8) is 0 Å². The first kappa shape index (κ1) is 15.4. The summed E-state index contributed by atoms with van der Waals surface area (Å²) in [6, 6.07) is 15.2. The second-order valence-corrected chi connectivity index (χ2v) is 6.61. The number of fused-ring (bicyclic) bond motifs is 3. The third-order valence-corrected chi connectivity index (χ3v) is 4.90. The zero-order valence-corrected chi connectivity index (χ0v) is 14.2. The molecular weight excluding hydrogens is 298 g/mol. The molecule has 1 aromatic heterocycles. The van der Waals surface area contributed by atoms with Crippen molar-refractivity contribution in [2.24, 2.45) is 0 Å². The summed E-state index contributed by atoms with van der Waals surface area (Å²) in [6.07, 6.45) is 0. The van der Waals surface area contributed by atoms with Crippen LogP contribution in [0, 0.1) is 6.92 Å². The predicted octanol–water partition coefficient (Wildman–Crippen LogP) is 1.44. The van der Waals surface area contributed by atoms with Gasteiger partial charge >= 0.3 is 0 Å². The van der Waals surface area contributed by atoms with Crippen LogP contribution in [0.5, 0.6) is 0 Å². The van der Waals surface area contributed by atoms with Crippen LogP contribution in [0.15, 0.2) is 42.5 Å². The number of morpholine rings is 1. The summed E-state index contributed by atoms with van der Waals surface area (Å²) in [5.74, 6) is 0. The molecule has 0 unspecified atom stereocenters. The van der Waals surface area contributed by atoms with Crippen LogP contribution in [-0.2, 0) is 4.74 Å². The first-order valence-electron chi connectivity index (χ1n) is 8.81. The Morgan fingerprint density at radius 1 is 1.08 bits per heavy atom. The van der Waals surface area contributed by atoms with E-state index in [-0.39, 0.29) is 0 Å². The lowest BCUT2D eigenvalue weighted by Crippen LogP contribution is -3.14. The van der Waals surface area contributed by atoms with Crippen molar-refractivity contribution < 1.29 is 14.6 Å². The average molecular weight is 323 g/mol. The molecule has 4 heteroatoms. The van der Waals surface area contributed by atoms with E-state index in [9.17, 15) is 0 Å². The Morgan fingerprint density at radius 2 is 1.92 bits per heavy atom. The molecule has 0 atom stereocenters. The summed E-state index contributed by atoms with van der Waals surface area (Å²) in [5, 5.41) is 7.47. The molecule has 1 aliphatic rings. The zero-order chi connectivity index (χ0) is 16.4. The molecular formula is C20H25N3O+2. The molecule has 1 aliphatic heterocycles. The number of rotatable bonds is 4. The summed E-state index contributed by atoms with van der Waals surface area (Å²) < 4.78 is 5.43. The maximum atomic E-state index is 5.43. The fraction of sp³-hybridized carbons (Fsp3) is 0.350. The lowest BCUT2D eigenvalue weighted by atomic mass is 10.0. The van der Waals surface area contributed by atoms with Crippen molar-refractivity contribution in [3.8, 4) is 0 Å². The first-order chi connectivity index (χ1) is 11.8. The van der Waals surface area contributed by atoms with Crippen molar-refractivity contribution in [2.75, 3.05) is 44.7 Å². The molecule has 0 aliphatic carbocycles. The van der Waals surface area contributed by atoms with Crippen LogP contribution < -0.4 is 15.2 Å². The van der Waals surface area contributed by atoms with Crippen LogP contribution in [0.1, 0.15) is 5.69 Å². The lowest BCUT2D eigenvalue weighted by Gasteiger charge is -2.24. The molecule has 0 bridgehead atoms. The largest absolute Gasteiger partial charge is 0.379 e. The molecule has 0 saturated carbocycles. The minimum Gasteiger partial charge on any atom is -0.379 e. The van der Waals surface area contributed by atoms with E-state index in [0.717, 1.165) is 39.4 Å². The highest BCUT2D eigenvalue weighted by molar-refractivity contribution is 6.07. The third-order valence-electron chi connectivity index (χ3n) is 4.90. The van der Waals surface area contributed by atoms with Crippen molar-refractivity contribution in [1.82, 2.24) is 0 Å². The quantitative estimate of drug-likeness (QED) is 0.713. The highest BCUT2D eigenvalue weighted by atomic mass is 16.5. The number of benzene rings is 2. The van der Waals surface area contributed by atoms with Gasteiger partial charge in [-0.15, -0.1) is 0 Å². The zero-order valence-electron chi connectivity index (χ0n) is 14.2. The SMILES string of the molecule is Cc1cc(NCC[NH+]2CCOCC2)c2ccc3ccccc3c2[nH+]1. The van der Waals surface area contributed by atoms with E-state index in [4.69, 9.17) is 4.74 Å². The van der Waals surface area contributed by atoms with Crippen LogP contribution in [0.25, 0.3) is 21.7 Å². The maximum absolute atomic E-state index is 5.43. The number of pyridine rings is 1. The number of aryl methyl sites for hydroxylation is 1. The van der Waals surface area contributed by atoms with E-state index in [1.54, 1.807) is 4.90 Å². The molecule has 3 aromatic rings. The summed E-state index contributed by atoms with van der Waals surface area (Å²) in [5.41, 5.74) is 3.62. The summed E-state index contributed by atoms with van der Waals surface area (Å²) in [6.45, 7) is 8.27. The Bertz CT molecular complexity index is 856. The van der Waals surface area contributed by atoms with Crippen molar-refractivity contribution in [1.29, 1.82) is 0 Å². The van der Waals surface area contributed by atoms with Crippen LogP contribution in [0.2, 0.25) is 0 Å². The van der Waals surface area contributed by atoms with Crippen LogP contribution in [-0.4, -0.2) is 39.4 Å². The number of anilines is 1. The molecule has 0 radical (unpaired) electrons. The number of hydrogen-bond donors (Lipinski definition) is 2. The summed E-state index contributed by atoms with van der Waals surface area (Å²) >= 11 is 0. The Labute approximate surface area is 142 Å². The Morgan fingerprint density at radius 3 is 2.79 bits per heavy atom. The van der Waals surface area contributed by atoms with Crippen LogP contribution in [0.4, 0.5) is 5.69 Å². The molecule has 24 heavy (non-hydrogen) atoms. The summed E-state index contributed by atoms with van der Waals surface area (Å²) in [4.78, 5) is 5.18. The Hall–Kier alpha value is -2.17. The number of H-pyrrole nitrogens is 1. The third kappa shape index (κ3) is 3.07. The van der Waals surface area contributed by atoms with E-state index in [1.807, 2.05) is 0 Å². The number of hydrogen-bond acceptors (Lipinski definition) is 2. The summed E-state index contributed by atoms with van der Waals surface area (Å²) in [7, 11) is 0. The van der Waals surface area contributed by atoms with Crippen molar-refractivity contribution in [3.05, 3.63) is 48.2 Å². The second kappa shape index (κ2) is 6.75. The van der Waals surface area contributed by atoms with Crippen LogP contribution in [0.3, 0.4) is 0 Å². The highest BCUT2D eigenvalue weighted by Crippen LogP contribution is 2.27. The van der Waals surface area contributed by atoms with Gasteiger partial charge in [-0.05, 0) is 17.5 Å². The fourth-order valence-electron chi connectivity index (χ4n) is 3.59. The van der Waals surface area contributed by atoms with Gasteiger partial charge < -0.3 is 15.0 Å². The number of nitrogens with one attached hydrogen (secondary N) is 3. The minimum atomic E-state index is 0.893. The monoisotopic (exact) mass is 323 g/mol. The van der Waals surface area contributed by atoms with E-state index in [1.165, 1.54) is 33.1 Å². The van der Waals surface area contributed by atoms with Crippen molar-refractivity contribution in [2.45, 2.75) is 6.92 Å². The number of aromatic amines is 1. The van der Waals surface area contributed by atoms with E-state index in [2.05, 4.69) is 59.7 Å². The van der Waals surface area contributed by atoms with Gasteiger partial charge in [-0.2, -0.15) is 0 Å². The minimum absolute atomic E-state index is 0.893. The van der Waals surface area contributed by atoms with Crippen molar-refractivity contribution >= 4 is 27.4 Å². The van der Waals surface area contributed by atoms with Gasteiger partial charge in [-0.3, -0.25) is 0 Å². The van der Waals surface area contributed by atoms with Gasteiger partial charge in [0.2, 0.25) is 5.52 Å². The molecule has 4 rings (SSSR count). The Balaban J connectivity index is 1.61. The fourth-order valence-corrected chi connectivity index (χ4v) is 3.59. The standard InChI is InChI=1S/C20H23N3O/c1-15-14-19(21-8-9-23-10-12-24-13-11-23)18-7-6-16-4-2-3-5-17(16)20(18)22-15/h2-7,14H,8-13H2,1H3,(H,21,22)/p+2. The molecule has 2 aromatic carbocycles. The smallest absolute Gasteiger partial charge is 0.221 e. The van der Waals surface area contributed by atoms with E-state index < -0.39 is 0 Å². The molecule has 124 valence electrons. The molecule has 4 nitrogen and oxygen atoms in total. The molecule has 3 N–H and O–H groups in total.